The van der Waals surface area contributed by atoms with E-state index in [1.165, 1.54) is 16.8 Å². The average Bonchev–Trinajstić information content (AvgIpc) is 2.89. The lowest BCUT2D eigenvalue weighted by atomic mass is 9.99. The highest BCUT2D eigenvalue weighted by Crippen LogP contribution is 2.18. The van der Waals surface area contributed by atoms with Crippen molar-refractivity contribution in [3.63, 3.8) is 0 Å². The zero-order valence-corrected chi connectivity index (χ0v) is 12.1. The number of aromatic nitrogens is 2. The lowest BCUT2D eigenvalue weighted by molar-refractivity contribution is 0.644. The second-order valence-electron chi connectivity index (χ2n) is 5.05. The summed E-state index contributed by atoms with van der Waals surface area (Å²) in [6, 6.07) is 6.83. The number of nitrogens with zero attached hydrogens (tertiary/aromatic N) is 2. The predicted molar refractivity (Wildman–Crippen MR) is 79.6 cm³/mol. The molecule has 0 fully saturated rings. The van der Waals surface area contributed by atoms with Gasteiger partial charge in [-0.15, -0.1) is 0 Å². The van der Waals surface area contributed by atoms with E-state index in [0.717, 1.165) is 25.1 Å². The maximum absolute atomic E-state index is 6.04. The molecule has 1 atom stereocenters. The van der Waals surface area contributed by atoms with Crippen LogP contribution in [-0.4, -0.2) is 15.6 Å². The molecule has 0 amide bonds. The maximum Gasteiger partial charge on any atom is 0.112 e. The summed E-state index contributed by atoms with van der Waals surface area (Å²) in [7, 11) is 0. The van der Waals surface area contributed by atoms with Crippen LogP contribution in [0, 0.1) is 6.92 Å². The fourth-order valence-electron chi connectivity index (χ4n) is 2.32. The van der Waals surface area contributed by atoms with E-state index in [-0.39, 0.29) is 6.04 Å². The number of rotatable bonds is 5. The second-order valence-corrected chi connectivity index (χ2v) is 5.05. The fourth-order valence-corrected chi connectivity index (χ4v) is 2.32. The number of hydrogen-bond donors (Lipinski definition) is 1. The highest BCUT2D eigenvalue weighted by molar-refractivity contribution is 5.41. The number of imidazole rings is 1. The van der Waals surface area contributed by atoms with Crippen molar-refractivity contribution in [1.29, 1.82) is 0 Å². The molecule has 0 bridgehead atoms. The van der Waals surface area contributed by atoms with Crippen molar-refractivity contribution in [2.45, 2.75) is 46.1 Å². The molecule has 0 spiro atoms. The summed E-state index contributed by atoms with van der Waals surface area (Å²) in [4.78, 5) is 4.37. The Bertz CT molecular complexity index is 543. The molecule has 3 nitrogen and oxygen atoms in total. The van der Waals surface area contributed by atoms with E-state index in [1.807, 2.05) is 12.4 Å². The van der Waals surface area contributed by atoms with E-state index in [4.69, 9.17) is 5.73 Å². The highest BCUT2D eigenvalue weighted by Gasteiger charge is 2.07. The zero-order valence-electron chi connectivity index (χ0n) is 12.1. The SMILES string of the molecule is CCc1nccn1-c1ccc(CC(N)CC)c(C)c1. The zero-order chi connectivity index (χ0) is 13.8. The standard InChI is InChI=1S/C16H23N3/c1-4-14(17)11-13-6-7-15(10-12(13)3)19-9-8-18-16(19)5-2/h6-10,14H,4-5,11,17H2,1-3H3. The third-order valence-corrected chi connectivity index (χ3v) is 3.64. The summed E-state index contributed by atoms with van der Waals surface area (Å²) < 4.78 is 2.15. The van der Waals surface area contributed by atoms with Gasteiger partial charge in [-0.1, -0.05) is 19.9 Å². The Hall–Kier alpha value is -1.61. The number of nitrogens with two attached hydrogens (primary N) is 1. The van der Waals surface area contributed by atoms with Crippen LogP contribution in [0.25, 0.3) is 5.69 Å². The van der Waals surface area contributed by atoms with Gasteiger partial charge in [0.2, 0.25) is 0 Å². The molecule has 3 heteroatoms. The van der Waals surface area contributed by atoms with Gasteiger partial charge in [-0.25, -0.2) is 4.98 Å². The third-order valence-electron chi connectivity index (χ3n) is 3.64. The molecule has 0 aliphatic heterocycles. The molecule has 0 saturated carbocycles. The fraction of sp³-hybridized carbons (Fsp3) is 0.438. The molecule has 2 rings (SSSR count). The van der Waals surface area contributed by atoms with Crippen molar-refractivity contribution < 1.29 is 0 Å². The van der Waals surface area contributed by atoms with Crippen LogP contribution in [0.1, 0.15) is 37.2 Å². The van der Waals surface area contributed by atoms with Gasteiger partial charge >= 0.3 is 0 Å². The van der Waals surface area contributed by atoms with E-state index < -0.39 is 0 Å². The van der Waals surface area contributed by atoms with Gasteiger partial charge in [-0.3, -0.25) is 0 Å². The van der Waals surface area contributed by atoms with Gasteiger partial charge in [0.1, 0.15) is 5.82 Å². The second kappa shape index (κ2) is 6.02. The molecule has 2 N–H and O–H groups in total. The number of aryl methyl sites for hydroxylation is 2. The molecule has 19 heavy (non-hydrogen) atoms. The van der Waals surface area contributed by atoms with Crippen LogP contribution in [0.15, 0.2) is 30.6 Å². The van der Waals surface area contributed by atoms with Gasteiger partial charge in [0.15, 0.2) is 0 Å². The molecule has 0 aliphatic rings. The molecular formula is C16H23N3. The molecular weight excluding hydrogens is 234 g/mol. The van der Waals surface area contributed by atoms with Crippen molar-refractivity contribution in [2.24, 2.45) is 5.73 Å². The molecule has 1 heterocycles. The van der Waals surface area contributed by atoms with Crippen LogP contribution in [0.3, 0.4) is 0 Å². The summed E-state index contributed by atoms with van der Waals surface area (Å²) in [6.45, 7) is 6.41. The molecule has 0 saturated heterocycles. The van der Waals surface area contributed by atoms with Crippen molar-refractivity contribution in [3.05, 3.63) is 47.5 Å². The van der Waals surface area contributed by atoms with Crippen LogP contribution in [-0.2, 0) is 12.8 Å². The first-order valence-corrected chi connectivity index (χ1v) is 7.03. The van der Waals surface area contributed by atoms with Gasteiger partial charge in [-0.05, 0) is 43.0 Å². The van der Waals surface area contributed by atoms with E-state index in [0.29, 0.717) is 0 Å². The van der Waals surface area contributed by atoms with Crippen molar-refractivity contribution in [1.82, 2.24) is 9.55 Å². The van der Waals surface area contributed by atoms with Crippen LogP contribution in [0.4, 0.5) is 0 Å². The molecule has 1 aromatic heterocycles. The summed E-state index contributed by atoms with van der Waals surface area (Å²) in [5, 5.41) is 0. The largest absolute Gasteiger partial charge is 0.327 e. The molecule has 0 radical (unpaired) electrons. The Morgan fingerprint density at radius 3 is 2.74 bits per heavy atom. The van der Waals surface area contributed by atoms with E-state index in [2.05, 4.69) is 48.5 Å². The average molecular weight is 257 g/mol. The Labute approximate surface area is 115 Å². The van der Waals surface area contributed by atoms with Crippen LogP contribution in [0.2, 0.25) is 0 Å². The van der Waals surface area contributed by atoms with Crippen molar-refractivity contribution >= 4 is 0 Å². The summed E-state index contributed by atoms with van der Waals surface area (Å²) in [6.07, 6.45) is 6.78. The lowest BCUT2D eigenvalue weighted by Crippen LogP contribution is -2.21. The third kappa shape index (κ3) is 3.04. The molecule has 0 aliphatic carbocycles. The van der Waals surface area contributed by atoms with Gasteiger partial charge in [-0.2, -0.15) is 0 Å². The van der Waals surface area contributed by atoms with Gasteiger partial charge in [0.25, 0.3) is 0 Å². The van der Waals surface area contributed by atoms with Crippen molar-refractivity contribution in [2.75, 3.05) is 0 Å². The smallest absolute Gasteiger partial charge is 0.112 e. The van der Waals surface area contributed by atoms with Crippen LogP contribution < -0.4 is 5.73 Å². The Kier molecular flexibility index (Phi) is 4.38. The summed E-state index contributed by atoms with van der Waals surface area (Å²) in [5.41, 5.74) is 9.86. The molecule has 1 unspecified atom stereocenters. The Balaban J connectivity index is 2.28. The first-order chi connectivity index (χ1) is 9.15. The predicted octanol–water partition coefficient (Wildman–Crippen LogP) is 3.02. The molecule has 1 aromatic carbocycles. The quantitative estimate of drug-likeness (QED) is 0.894. The van der Waals surface area contributed by atoms with Crippen LogP contribution in [0.5, 0.6) is 0 Å². The minimum absolute atomic E-state index is 0.254. The summed E-state index contributed by atoms with van der Waals surface area (Å²) in [5.74, 6) is 1.09. The number of benzene rings is 1. The maximum atomic E-state index is 6.04. The number of hydrogen-bond acceptors (Lipinski definition) is 2. The minimum atomic E-state index is 0.254. The Morgan fingerprint density at radius 1 is 1.32 bits per heavy atom. The summed E-state index contributed by atoms with van der Waals surface area (Å²) >= 11 is 0. The lowest BCUT2D eigenvalue weighted by Gasteiger charge is -2.14. The first kappa shape index (κ1) is 13.8. The highest BCUT2D eigenvalue weighted by atomic mass is 15.1. The van der Waals surface area contributed by atoms with Crippen LogP contribution >= 0.6 is 0 Å². The Morgan fingerprint density at radius 2 is 2.11 bits per heavy atom. The topological polar surface area (TPSA) is 43.8 Å². The van der Waals surface area contributed by atoms with Gasteiger partial charge < -0.3 is 10.3 Å². The van der Waals surface area contributed by atoms with E-state index in [9.17, 15) is 0 Å². The normalized spacial score (nSPS) is 12.6. The van der Waals surface area contributed by atoms with E-state index in [1.54, 1.807) is 0 Å². The monoisotopic (exact) mass is 257 g/mol. The molecule has 2 aromatic rings. The van der Waals surface area contributed by atoms with E-state index >= 15 is 0 Å². The minimum Gasteiger partial charge on any atom is -0.327 e. The molecule has 102 valence electrons. The first-order valence-electron chi connectivity index (χ1n) is 7.03. The van der Waals surface area contributed by atoms with Gasteiger partial charge in [0, 0.05) is 30.5 Å². The van der Waals surface area contributed by atoms with Gasteiger partial charge in [0.05, 0.1) is 0 Å². The van der Waals surface area contributed by atoms with Crippen molar-refractivity contribution in [3.8, 4) is 5.69 Å².